The van der Waals surface area contributed by atoms with E-state index in [2.05, 4.69) is 4.98 Å². The van der Waals surface area contributed by atoms with E-state index in [1.165, 1.54) is 0 Å². The van der Waals surface area contributed by atoms with Crippen molar-refractivity contribution in [2.45, 2.75) is 6.42 Å². The zero-order valence-electron chi connectivity index (χ0n) is 4.54. The summed E-state index contributed by atoms with van der Waals surface area (Å²) in [6.45, 7) is 5.29. The van der Waals surface area contributed by atoms with Gasteiger partial charge in [0.15, 0.2) is 0 Å². The Morgan fingerprint density at radius 2 is 2.38 bits per heavy atom. The van der Waals surface area contributed by atoms with Gasteiger partial charge >= 0.3 is 0 Å². The van der Waals surface area contributed by atoms with Crippen LogP contribution in [0.3, 0.4) is 0 Å². The summed E-state index contributed by atoms with van der Waals surface area (Å²) < 4.78 is 0. The number of pyridine rings is 1. The lowest BCUT2D eigenvalue weighted by molar-refractivity contribution is 1.11. The molecule has 8 heavy (non-hydrogen) atoms. The van der Waals surface area contributed by atoms with Crippen molar-refractivity contribution in [3.63, 3.8) is 0 Å². The van der Waals surface area contributed by atoms with E-state index in [0.717, 1.165) is 5.69 Å². The second-order valence-corrected chi connectivity index (χ2v) is 1.53. The molecule has 0 bridgehead atoms. The summed E-state index contributed by atoms with van der Waals surface area (Å²) in [7, 11) is 0. The van der Waals surface area contributed by atoms with E-state index >= 15 is 0 Å². The summed E-state index contributed by atoms with van der Waals surface area (Å²) in [4.78, 5) is 3.97. The van der Waals surface area contributed by atoms with Gasteiger partial charge in [0.2, 0.25) is 0 Å². The fourth-order valence-electron chi connectivity index (χ4n) is 0.519. The summed E-state index contributed by atoms with van der Waals surface area (Å²) >= 11 is 0. The Balaban J connectivity index is 2.83. The predicted molar refractivity (Wildman–Crippen MR) is 32.2 cm³/mol. The third-order valence-corrected chi connectivity index (χ3v) is 0.935. The molecule has 0 atom stereocenters. The number of hydrogen-bond acceptors (Lipinski definition) is 1. The minimum Gasteiger partial charge on any atom is -0.261 e. The Morgan fingerprint density at radius 3 is 2.75 bits per heavy atom. The predicted octanol–water partition coefficient (Wildman–Crippen LogP) is 1.34. The van der Waals surface area contributed by atoms with E-state index in [0.29, 0.717) is 6.42 Å². The minimum absolute atomic E-state index is 0.529. The van der Waals surface area contributed by atoms with Crippen LogP contribution in [0.1, 0.15) is 5.69 Å². The zero-order valence-corrected chi connectivity index (χ0v) is 4.54. The van der Waals surface area contributed by atoms with E-state index in [9.17, 15) is 0 Å². The Kier molecular flexibility index (Phi) is 1.62. The van der Waals surface area contributed by atoms with E-state index in [1.807, 2.05) is 18.2 Å². The van der Waals surface area contributed by atoms with Crippen molar-refractivity contribution >= 4 is 0 Å². The second-order valence-electron chi connectivity index (χ2n) is 1.53. The fraction of sp³-hybridized carbons (Fsp3) is 0.143. The normalized spacial score (nSPS) is 9.12. The molecule has 1 heterocycles. The van der Waals surface area contributed by atoms with Crippen LogP contribution in [0.5, 0.6) is 0 Å². The minimum atomic E-state index is 0.529. The Morgan fingerprint density at radius 1 is 1.50 bits per heavy atom. The van der Waals surface area contributed by atoms with Gasteiger partial charge in [-0.3, -0.25) is 4.98 Å². The van der Waals surface area contributed by atoms with Gasteiger partial charge in [0.05, 0.1) is 0 Å². The topological polar surface area (TPSA) is 12.9 Å². The molecule has 0 aromatic carbocycles. The molecule has 0 fully saturated rings. The summed E-state index contributed by atoms with van der Waals surface area (Å²) in [6, 6.07) is 5.70. The molecule has 0 saturated heterocycles. The number of aromatic nitrogens is 1. The molecule has 0 aliphatic heterocycles. The molecule has 40 valence electrons. The van der Waals surface area contributed by atoms with Crippen LogP contribution < -0.4 is 0 Å². The van der Waals surface area contributed by atoms with E-state index < -0.39 is 0 Å². The lowest BCUT2D eigenvalue weighted by Crippen LogP contribution is -1.81. The summed E-state index contributed by atoms with van der Waals surface area (Å²) in [5.41, 5.74) is 0.938. The molecule has 2 radical (unpaired) electrons. The molecule has 1 aromatic rings. The first-order valence-electron chi connectivity index (χ1n) is 2.53. The molecule has 1 nitrogen and oxygen atoms in total. The maximum absolute atomic E-state index is 5.29. The average molecular weight is 105 g/mol. The molecule has 1 heteroatoms. The van der Waals surface area contributed by atoms with Crippen LogP contribution in [-0.4, -0.2) is 4.98 Å². The highest BCUT2D eigenvalue weighted by molar-refractivity contribution is 5.03. The molecule has 0 spiro atoms. The first kappa shape index (κ1) is 5.29. The van der Waals surface area contributed by atoms with Gasteiger partial charge in [-0.15, -0.1) is 0 Å². The molecule has 0 saturated carbocycles. The molecule has 0 aliphatic carbocycles. The van der Waals surface area contributed by atoms with Crippen molar-refractivity contribution in [3.05, 3.63) is 37.0 Å². The number of nitrogens with zero attached hydrogens (tertiary/aromatic N) is 1. The van der Waals surface area contributed by atoms with Crippen molar-refractivity contribution in [1.29, 1.82) is 0 Å². The zero-order chi connectivity index (χ0) is 5.82. The summed E-state index contributed by atoms with van der Waals surface area (Å²) in [5, 5.41) is 0. The smallest absolute Gasteiger partial charge is 0.0406 e. The van der Waals surface area contributed by atoms with Crippen LogP contribution in [0, 0.1) is 6.92 Å². The van der Waals surface area contributed by atoms with Crippen LogP contribution in [-0.2, 0) is 6.42 Å². The van der Waals surface area contributed by atoms with Crippen molar-refractivity contribution in [3.8, 4) is 0 Å². The monoisotopic (exact) mass is 105 g/mol. The lowest BCUT2D eigenvalue weighted by atomic mass is 10.3. The summed E-state index contributed by atoms with van der Waals surface area (Å²) in [5.74, 6) is 0. The van der Waals surface area contributed by atoms with Gasteiger partial charge in [0.25, 0.3) is 0 Å². The number of rotatable bonds is 1. The first-order valence-corrected chi connectivity index (χ1v) is 2.53. The first-order chi connectivity index (χ1) is 3.93. The second kappa shape index (κ2) is 2.46. The van der Waals surface area contributed by atoms with Crippen LogP contribution in [0.2, 0.25) is 0 Å². The van der Waals surface area contributed by atoms with Crippen LogP contribution in [0.15, 0.2) is 24.4 Å². The van der Waals surface area contributed by atoms with Crippen molar-refractivity contribution < 1.29 is 0 Å². The molecule has 0 aliphatic rings. The lowest BCUT2D eigenvalue weighted by Gasteiger charge is -1.88. The molecular weight excluding hydrogens is 98.1 g/mol. The maximum atomic E-state index is 5.29. The van der Waals surface area contributed by atoms with E-state index in [4.69, 9.17) is 6.92 Å². The van der Waals surface area contributed by atoms with Crippen LogP contribution >= 0.6 is 0 Å². The van der Waals surface area contributed by atoms with Crippen molar-refractivity contribution in [1.82, 2.24) is 4.98 Å². The Labute approximate surface area is 49.4 Å². The van der Waals surface area contributed by atoms with E-state index in [-0.39, 0.29) is 0 Å². The van der Waals surface area contributed by atoms with Crippen molar-refractivity contribution in [2.24, 2.45) is 0 Å². The summed E-state index contributed by atoms with van der Waals surface area (Å²) in [6.07, 6.45) is 2.27. The molecule has 1 rings (SSSR count). The van der Waals surface area contributed by atoms with E-state index in [1.54, 1.807) is 6.20 Å². The third-order valence-electron chi connectivity index (χ3n) is 0.935. The van der Waals surface area contributed by atoms with Gasteiger partial charge in [0, 0.05) is 11.9 Å². The van der Waals surface area contributed by atoms with Crippen LogP contribution in [0.25, 0.3) is 0 Å². The molecule has 0 amide bonds. The SMILES string of the molecule is [CH]Cc1ccccn1. The number of hydrogen-bond donors (Lipinski definition) is 0. The molecule has 0 N–H and O–H groups in total. The van der Waals surface area contributed by atoms with Gasteiger partial charge in [-0.05, 0) is 25.5 Å². The average Bonchev–Trinajstić information content (AvgIpc) is 1.90. The van der Waals surface area contributed by atoms with Gasteiger partial charge < -0.3 is 0 Å². The Hall–Kier alpha value is -0.850. The third kappa shape index (κ3) is 1.06. The highest BCUT2D eigenvalue weighted by Gasteiger charge is 1.81. The van der Waals surface area contributed by atoms with Gasteiger partial charge in [0.1, 0.15) is 0 Å². The Bertz CT molecular complexity index is 146. The highest BCUT2D eigenvalue weighted by Crippen LogP contribution is 1.91. The van der Waals surface area contributed by atoms with Gasteiger partial charge in [-0.1, -0.05) is 6.07 Å². The fourth-order valence-corrected chi connectivity index (χ4v) is 0.519. The standard InChI is InChI=1S/C7H7N/c1-2-7-5-3-4-6-8-7/h1,3-6H,2H2. The maximum Gasteiger partial charge on any atom is 0.0406 e. The molecular formula is C7H7N. The van der Waals surface area contributed by atoms with Crippen molar-refractivity contribution in [2.75, 3.05) is 0 Å². The molecule has 1 aromatic heterocycles. The van der Waals surface area contributed by atoms with Crippen LogP contribution in [0.4, 0.5) is 0 Å². The largest absolute Gasteiger partial charge is 0.261 e. The quantitative estimate of drug-likeness (QED) is 0.525. The molecule has 0 unspecified atom stereocenters. The highest BCUT2D eigenvalue weighted by atomic mass is 14.6. The van der Waals surface area contributed by atoms with Gasteiger partial charge in [-0.25, -0.2) is 0 Å². The van der Waals surface area contributed by atoms with Gasteiger partial charge in [-0.2, -0.15) is 0 Å².